The van der Waals surface area contributed by atoms with Gasteiger partial charge in [-0.3, -0.25) is 4.79 Å². The molecule has 0 atom stereocenters. The van der Waals surface area contributed by atoms with Crippen molar-refractivity contribution < 1.29 is 18.0 Å². The third kappa shape index (κ3) is 3.32. The number of halogens is 3. The van der Waals surface area contributed by atoms with Crippen LogP contribution in [0.2, 0.25) is 0 Å². The molecule has 0 bridgehead atoms. The van der Waals surface area contributed by atoms with E-state index in [4.69, 9.17) is 5.26 Å². The topological polar surface area (TPSA) is 47.3 Å². The maximum Gasteiger partial charge on any atom is 0.416 e. The highest BCUT2D eigenvalue weighted by Gasteiger charge is 2.31. The van der Waals surface area contributed by atoms with Crippen molar-refractivity contribution in [3.05, 3.63) is 29.3 Å². The number of nitrogens with zero attached hydrogens (tertiary/aromatic N) is 3. The maximum atomic E-state index is 12.7. The highest BCUT2D eigenvalue weighted by atomic mass is 19.4. The Bertz CT molecular complexity index is 599. The first-order chi connectivity index (χ1) is 10.4. The lowest BCUT2D eigenvalue weighted by molar-refractivity contribution is -0.137. The number of benzene rings is 1. The number of nitriles is 1. The second-order valence-electron chi connectivity index (χ2n) is 5.06. The Morgan fingerprint density at radius 2 is 1.91 bits per heavy atom. The van der Waals surface area contributed by atoms with E-state index in [0.717, 1.165) is 12.1 Å². The summed E-state index contributed by atoms with van der Waals surface area (Å²) >= 11 is 0. The van der Waals surface area contributed by atoms with Crippen LogP contribution in [0, 0.1) is 11.3 Å². The Morgan fingerprint density at radius 1 is 1.27 bits per heavy atom. The first-order valence-electron chi connectivity index (χ1n) is 7.01. The molecule has 0 aromatic heterocycles. The van der Waals surface area contributed by atoms with Gasteiger partial charge in [0.2, 0.25) is 5.91 Å². The molecule has 1 aromatic rings. The van der Waals surface area contributed by atoms with Gasteiger partial charge in [0.25, 0.3) is 0 Å². The van der Waals surface area contributed by atoms with Crippen LogP contribution in [-0.4, -0.2) is 37.0 Å². The lowest BCUT2D eigenvalue weighted by Gasteiger charge is -2.36. The van der Waals surface area contributed by atoms with Crippen LogP contribution in [0.4, 0.5) is 18.9 Å². The van der Waals surface area contributed by atoms with Crippen molar-refractivity contribution in [2.24, 2.45) is 0 Å². The highest BCUT2D eigenvalue weighted by Crippen LogP contribution is 2.33. The molecule has 0 N–H and O–H groups in total. The molecule has 0 radical (unpaired) electrons. The molecule has 0 aliphatic carbocycles. The first-order valence-corrected chi connectivity index (χ1v) is 7.01. The summed E-state index contributed by atoms with van der Waals surface area (Å²) in [5.74, 6) is 0.0626. The maximum absolute atomic E-state index is 12.7. The number of hydrogen-bond acceptors (Lipinski definition) is 3. The molecule has 0 saturated carbocycles. The fourth-order valence-corrected chi connectivity index (χ4v) is 2.50. The number of amides is 1. The molecular weight excluding hydrogens is 295 g/mol. The largest absolute Gasteiger partial charge is 0.416 e. The molecule has 1 fully saturated rings. The Hall–Kier alpha value is -2.23. The van der Waals surface area contributed by atoms with E-state index in [9.17, 15) is 18.0 Å². The van der Waals surface area contributed by atoms with Crippen LogP contribution >= 0.6 is 0 Å². The lowest BCUT2D eigenvalue weighted by Crippen LogP contribution is -2.48. The first kappa shape index (κ1) is 16.1. The molecule has 1 aromatic carbocycles. The number of rotatable bonds is 2. The average molecular weight is 311 g/mol. The number of hydrogen-bond donors (Lipinski definition) is 0. The summed E-state index contributed by atoms with van der Waals surface area (Å²) in [6.07, 6.45) is -4.03. The van der Waals surface area contributed by atoms with Crippen LogP contribution in [0.3, 0.4) is 0 Å². The Balaban J connectivity index is 2.17. The number of alkyl halides is 3. The summed E-state index contributed by atoms with van der Waals surface area (Å²) in [4.78, 5) is 15.2. The molecule has 1 aliphatic heterocycles. The van der Waals surface area contributed by atoms with E-state index in [0.29, 0.717) is 38.3 Å². The minimum atomic E-state index is -4.46. The summed E-state index contributed by atoms with van der Waals surface area (Å²) in [6, 6.07) is 5.02. The number of carbonyl (C=O) groups excluding carboxylic acids is 1. The average Bonchev–Trinajstić information content (AvgIpc) is 2.52. The Labute approximate surface area is 126 Å². The number of carbonyl (C=O) groups is 1. The van der Waals surface area contributed by atoms with Gasteiger partial charge in [0.1, 0.15) is 6.07 Å². The number of anilines is 1. The van der Waals surface area contributed by atoms with Crippen molar-refractivity contribution in [3.63, 3.8) is 0 Å². The van der Waals surface area contributed by atoms with Gasteiger partial charge in [-0.2, -0.15) is 18.4 Å². The van der Waals surface area contributed by atoms with Crippen LogP contribution in [0.25, 0.3) is 0 Å². The van der Waals surface area contributed by atoms with Gasteiger partial charge in [-0.05, 0) is 18.2 Å². The van der Waals surface area contributed by atoms with Crippen molar-refractivity contribution in [3.8, 4) is 6.07 Å². The van der Waals surface area contributed by atoms with Gasteiger partial charge in [0, 0.05) is 32.6 Å². The van der Waals surface area contributed by atoms with E-state index in [1.165, 1.54) is 6.07 Å². The van der Waals surface area contributed by atoms with Gasteiger partial charge >= 0.3 is 6.18 Å². The van der Waals surface area contributed by atoms with Gasteiger partial charge in [0.15, 0.2) is 0 Å². The quantitative estimate of drug-likeness (QED) is 0.843. The monoisotopic (exact) mass is 311 g/mol. The van der Waals surface area contributed by atoms with Gasteiger partial charge in [-0.1, -0.05) is 6.92 Å². The molecule has 0 unspecified atom stereocenters. The van der Waals surface area contributed by atoms with E-state index < -0.39 is 11.7 Å². The van der Waals surface area contributed by atoms with Crippen LogP contribution in [0.15, 0.2) is 18.2 Å². The zero-order valence-corrected chi connectivity index (χ0v) is 12.2. The van der Waals surface area contributed by atoms with Gasteiger partial charge < -0.3 is 9.80 Å². The Morgan fingerprint density at radius 3 is 2.41 bits per heavy atom. The van der Waals surface area contributed by atoms with Crippen molar-refractivity contribution in [1.29, 1.82) is 5.26 Å². The molecule has 7 heteroatoms. The summed E-state index contributed by atoms with van der Waals surface area (Å²) in [5, 5.41) is 9.11. The zero-order valence-electron chi connectivity index (χ0n) is 12.2. The molecule has 1 amide bonds. The van der Waals surface area contributed by atoms with Crippen LogP contribution in [0.5, 0.6) is 0 Å². The lowest BCUT2D eigenvalue weighted by atomic mass is 10.1. The van der Waals surface area contributed by atoms with Crippen molar-refractivity contribution in [2.45, 2.75) is 19.5 Å². The molecule has 118 valence electrons. The summed E-state index contributed by atoms with van der Waals surface area (Å²) in [5.41, 5.74) is -0.336. The second-order valence-corrected chi connectivity index (χ2v) is 5.06. The molecule has 1 heterocycles. The van der Waals surface area contributed by atoms with Crippen LogP contribution < -0.4 is 4.90 Å². The predicted molar refractivity (Wildman–Crippen MR) is 75.2 cm³/mol. The third-order valence-electron chi connectivity index (χ3n) is 3.72. The van der Waals surface area contributed by atoms with Crippen molar-refractivity contribution in [1.82, 2.24) is 4.90 Å². The minimum absolute atomic E-state index is 0.00472. The fourth-order valence-electron chi connectivity index (χ4n) is 2.50. The summed E-state index contributed by atoms with van der Waals surface area (Å²) in [6.45, 7) is 3.83. The molecular formula is C15H16F3N3O. The minimum Gasteiger partial charge on any atom is -0.367 e. The molecule has 1 aliphatic rings. The summed E-state index contributed by atoms with van der Waals surface area (Å²) < 4.78 is 38.1. The molecule has 4 nitrogen and oxygen atoms in total. The van der Waals surface area contributed by atoms with E-state index >= 15 is 0 Å². The predicted octanol–water partition coefficient (Wildman–Crippen LogP) is 2.64. The van der Waals surface area contributed by atoms with Crippen LogP contribution in [-0.2, 0) is 11.0 Å². The van der Waals surface area contributed by atoms with Gasteiger partial charge in [-0.15, -0.1) is 0 Å². The third-order valence-corrected chi connectivity index (χ3v) is 3.72. The van der Waals surface area contributed by atoms with Gasteiger partial charge in [0.05, 0.1) is 16.8 Å². The smallest absolute Gasteiger partial charge is 0.367 e. The van der Waals surface area contributed by atoms with E-state index in [1.807, 2.05) is 11.0 Å². The summed E-state index contributed by atoms with van der Waals surface area (Å²) in [7, 11) is 0. The highest BCUT2D eigenvalue weighted by molar-refractivity contribution is 5.76. The van der Waals surface area contributed by atoms with Crippen molar-refractivity contribution >= 4 is 11.6 Å². The second kappa shape index (κ2) is 6.26. The standard InChI is InChI=1S/C15H16F3N3O/c1-2-14(22)21-7-5-20(6-8-21)13-4-3-12(15(16,17)18)9-11(13)10-19/h3-4,9H,2,5-8H2,1H3. The van der Waals surface area contributed by atoms with E-state index in [2.05, 4.69) is 0 Å². The normalized spacial score (nSPS) is 15.6. The van der Waals surface area contributed by atoms with Crippen LogP contribution in [0.1, 0.15) is 24.5 Å². The molecule has 1 saturated heterocycles. The molecule has 0 spiro atoms. The van der Waals surface area contributed by atoms with E-state index in [1.54, 1.807) is 11.8 Å². The van der Waals surface area contributed by atoms with Gasteiger partial charge in [-0.25, -0.2) is 0 Å². The Kier molecular flexibility index (Phi) is 4.59. The van der Waals surface area contributed by atoms with Crippen molar-refractivity contribution in [2.75, 3.05) is 31.1 Å². The zero-order chi connectivity index (χ0) is 16.3. The SMILES string of the molecule is CCC(=O)N1CCN(c2ccc(C(F)(F)F)cc2C#N)CC1. The molecule has 22 heavy (non-hydrogen) atoms. The fraction of sp³-hybridized carbons (Fsp3) is 0.467. The number of piperazine rings is 1. The van der Waals surface area contributed by atoms with E-state index in [-0.39, 0.29) is 11.5 Å². The molecule has 2 rings (SSSR count).